The third kappa shape index (κ3) is 4.97. The van der Waals surface area contributed by atoms with E-state index in [0.29, 0.717) is 0 Å². The summed E-state index contributed by atoms with van der Waals surface area (Å²) in [6, 6.07) is 89.0. The molecule has 2 aliphatic rings. The zero-order valence-electron chi connectivity index (χ0n) is 36.9. The van der Waals surface area contributed by atoms with Crippen LogP contribution in [0.1, 0.15) is 22.3 Å². The molecule has 1 atom stereocenters. The largest absolute Gasteiger partial charge is 0.455 e. The number of fused-ring (bicyclic) bond motifs is 20. The highest BCUT2D eigenvalue weighted by atomic mass is 16.3. The van der Waals surface area contributed by atoms with Crippen LogP contribution in [0.25, 0.3) is 93.6 Å². The Kier molecular flexibility index (Phi) is 7.71. The molecule has 0 aliphatic heterocycles. The molecule has 2 heterocycles. The van der Waals surface area contributed by atoms with Crippen molar-refractivity contribution in [2.45, 2.75) is 5.41 Å². The third-order valence-corrected chi connectivity index (χ3v) is 15.0. The minimum absolute atomic E-state index is 0.623. The lowest BCUT2D eigenvalue weighted by Gasteiger charge is -2.32. The summed E-state index contributed by atoms with van der Waals surface area (Å²) in [6.07, 6.45) is 0. The SMILES string of the molecule is c1ccc(-c2ccc(N(c3ccccc3)c3ccc4c(c3)C3(c5ccccc5-c5c3ccc3c5oc5c3ccc3c5c5ccccc5n3-c3ccccc3)c3ccc5ccccc5c3-4)cc2)cc1. The van der Waals surface area contributed by atoms with Gasteiger partial charge in [0.25, 0.3) is 0 Å². The summed E-state index contributed by atoms with van der Waals surface area (Å²) in [5.74, 6) is 0. The lowest BCUT2D eigenvalue weighted by molar-refractivity contribution is 0.673. The molecule has 3 nitrogen and oxygen atoms in total. The molecule has 13 aromatic rings. The van der Waals surface area contributed by atoms with Crippen molar-refractivity contribution in [3.8, 4) is 39.1 Å². The number of hydrogen-bond acceptors (Lipinski definition) is 2. The van der Waals surface area contributed by atoms with Crippen LogP contribution in [0.3, 0.4) is 0 Å². The second kappa shape index (κ2) is 14.0. The molecule has 11 aromatic carbocycles. The van der Waals surface area contributed by atoms with Gasteiger partial charge in [-0.25, -0.2) is 0 Å². The number of hydrogen-bond donors (Lipinski definition) is 0. The number of aromatic nitrogens is 1. The molecule has 0 fully saturated rings. The van der Waals surface area contributed by atoms with Crippen molar-refractivity contribution in [1.82, 2.24) is 4.57 Å². The van der Waals surface area contributed by atoms with Gasteiger partial charge in [-0.3, -0.25) is 0 Å². The van der Waals surface area contributed by atoms with Gasteiger partial charge < -0.3 is 13.9 Å². The molecule has 0 saturated heterocycles. The van der Waals surface area contributed by atoms with Gasteiger partial charge in [0.1, 0.15) is 11.2 Å². The Bertz CT molecular complexity index is 4190. The number of para-hydroxylation sites is 3. The van der Waals surface area contributed by atoms with Crippen LogP contribution in [0.4, 0.5) is 17.1 Å². The fourth-order valence-electron chi connectivity index (χ4n) is 12.2. The number of benzene rings is 11. The average molecular weight is 865 g/mol. The predicted octanol–water partition coefficient (Wildman–Crippen LogP) is 17.3. The Morgan fingerprint density at radius 3 is 1.79 bits per heavy atom. The first-order valence-electron chi connectivity index (χ1n) is 23.5. The Morgan fingerprint density at radius 2 is 0.956 bits per heavy atom. The maximum absolute atomic E-state index is 7.47. The van der Waals surface area contributed by atoms with Crippen LogP contribution in [0.15, 0.2) is 247 Å². The van der Waals surface area contributed by atoms with Gasteiger partial charge in [0.2, 0.25) is 0 Å². The zero-order valence-corrected chi connectivity index (χ0v) is 36.9. The second-order valence-electron chi connectivity index (χ2n) is 18.3. The van der Waals surface area contributed by atoms with Gasteiger partial charge in [-0.2, -0.15) is 0 Å². The van der Waals surface area contributed by atoms with Crippen LogP contribution in [0.5, 0.6) is 0 Å². The van der Waals surface area contributed by atoms with E-state index in [1.807, 2.05) is 0 Å². The van der Waals surface area contributed by atoms with Crippen molar-refractivity contribution in [2.24, 2.45) is 0 Å². The summed E-state index contributed by atoms with van der Waals surface area (Å²) in [5, 5.41) is 7.07. The molecule has 15 rings (SSSR count). The topological polar surface area (TPSA) is 21.3 Å². The van der Waals surface area contributed by atoms with Crippen LogP contribution < -0.4 is 4.90 Å². The van der Waals surface area contributed by atoms with Crippen molar-refractivity contribution in [3.05, 3.63) is 265 Å². The quantitative estimate of drug-likeness (QED) is 0.172. The summed E-state index contributed by atoms with van der Waals surface area (Å²) >= 11 is 0. The summed E-state index contributed by atoms with van der Waals surface area (Å²) in [4.78, 5) is 2.41. The molecule has 316 valence electrons. The van der Waals surface area contributed by atoms with Crippen LogP contribution in [0.2, 0.25) is 0 Å². The van der Waals surface area contributed by atoms with Crippen LogP contribution >= 0.6 is 0 Å². The Balaban J connectivity index is 1.01. The monoisotopic (exact) mass is 864 g/mol. The van der Waals surface area contributed by atoms with Crippen molar-refractivity contribution in [1.29, 1.82) is 0 Å². The smallest absolute Gasteiger partial charge is 0.145 e. The Labute approximate surface area is 393 Å². The molecular weight excluding hydrogens is 825 g/mol. The van der Waals surface area contributed by atoms with Crippen molar-refractivity contribution in [3.63, 3.8) is 0 Å². The minimum Gasteiger partial charge on any atom is -0.455 e. The number of furan rings is 1. The van der Waals surface area contributed by atoms with Gasteiger partial charge in [0, 0.05) is 44.5 Å². The molecule has 1 spiro atoms. The van der Waals surface area contributed by atoms with E-state index in [0.717, 1.165) is 61.1 Å². The number of anilines is 3. The normalized spacial score (nSPS) is 14.5. The van der Waals surface area contributed by atoms with Crippen molar-refractivity contribution >= 4 is 71.6 Å². The van der Waals surface area contributed by atoms with Gasteiger partial charge in [0.05, 0.1) is 21.8 Å². The van der Waals surface area contributed by atoms with Gasteiger partial charge in [-0.1, -0.05) is 176 Å². The van der Waals surface area contributed by atoms with E-state index in [1.54, 1.807) is 0 Å². The number of rotatable bonds is 5. The van der Waals surface area contributed by atoms with E-state index in [2.05, 4.69) is 252 Å². The highest BCUT2D eigenvalue weighted by Gasteiger charge is 2.53. The minimum atomic E-state index is -0.623. The number of nitrogens with zero attached hydrogens (tertiary/aromatic N) is 2. The molecule has 1 unspecified atom stereocenters. The molecule has 0 N–H and O–H groups in total. The summed E-state index contributed by atoms with van der Waals surface area (Å²) in [5.41, 5.74) is 20.4. The molecule has 0 bridgehead atoms. The molecule has 2 aromatic heterocycles. The molecule has 0 saturated carbocycles. The highest BCUT2D eigenvalue weighted by Crippen LogP contribution is 2.65. The third-order valence-electron chi connectivity index (χ3n) is 15.0. The van der Waals surface area contributed by atoms with Gasteiger partial charge in [-0.15, -0.1) is 0 Å². The fourth-order valence-corrected chi connectivity index (χ4v) is 12.2. The molecule has 0 amide bonds. The maximum atomic E-state index is 7.47. The van der Waals surface area contributed by atoms with Gasteiger partial charge in [0.15, 0.2) is 0 Å². The molecular formula is C65H40N2O. The first kappa shape index (κ1) is 37.3. The summed E-state index contributed by atoms with van der Waals surface area (Å²) in [6.45, 7) is 0. The summed E-state index contributed by atoms with van der Waals surface area (Å²) < 4.78 is 9.84. The van der Waals surface area contributed by atoms with E-state index >= 15 is 0 Å². The van der Waals surface area contributed by atoms with Crippen LogP contribution in [0, 0.1) is 0 Å². The maximum Gasteiger partial charge on any atom is 0.145 e. The molecule has 3 heteroatoms. The first-order valence-corrected chi connectivity index (χ1v) is 23.5. The Hall–Kier alpha value is -8.92. The lowest BCUT2D eigenvalue weighted by atomic mass is 9.70. The highest BCUT2D eigenvalue weighted by molar-refractivity contribution is 6.25. The molecule has 68 heavy (non-hydrogen) atoms. The first-order chi connectivity index (χ1) is 33.8. The van der Waals surface area contributed by atoms with E-state index < -0.39 is 5.41 Å². The predicted molar refractivity (Wildman–Crippen MR) is 282 cm³/mol. The van der Waals surface area contributed by atoms with Crippen LogP contribution in [-0.2, 0) is 5.41 Å². The van der Waals surface area contributed by atoms with E-state index in [-0.39, 0.29) is 0 Å². The Morgan fingerprint density at radius 1 is 0.353 bits per heavy atom. The molecule has 0 radical (unpaired) electrons. The second-order valence-corrected chi connectivity index (χ2v) is 18.3. The van der Waals surface area contributed by atoms with Gasteiger partial charge in [-0.05, 0) is 128 Å². The zero-order chi connectivity index (χ0) is 44.5. The lowest BCUT2D eigenvalue weighted by Crippen LogP contribution is -2.26. The average Bonchev–Trinajstić information content (AvgIpc) is 4.13. The van der Waals surface area contributed by atoms with E-state index in [1.165, 1.54) is 71.8 Å². The van der Waals surface area contributed by atoms with Gasteiger partial charge >= 0.3 is 0 Å². The van der Waals surface area contributed by atoms with E-state index in [9.17, 15) is 0 Å². The van der Waals surface area contributed by atoms with Crippen molar-refractivity contribution in [2.75, 3.05) is 4.90 Å². The standard InChI is InChI=1S/C65H40N2O/c1-4-16-41(17-5-1)42-28-31-46(32-29-42)66(44-19-6-2-7-20-44)47-33-34-52-57(40-47)65(55-37-30-43-18-10-11-23-48(43)60(52)55)54-26-14-12-24-51(54)61-56(65)38-35-49-50-36-39-59-62(64(50)68-63(49)61)53-25-13-15-27-58(53)67(59)45-21-8-3-9-22-45/h1-40H. The fraction of sp³-hybridized carbons (Fsp3) is 0.0154. The van der Waals surface area contributed by atoms with Crippen LogP contribution in [-0.4, -0.2) is 4.57 Å². The van der Waals surface area contributed by atoms with Crippen molar-refractivity contribution < 1.29 is 4.42 Å². The summed E-state index contributed by atoms with van der Waals surface area (Å²) in [7, 11) is 0. The van der Waals surface area contributed by atoms with E-state index in [4.69, 9.17) is 4.42 Å². The molecule has 2 aliphatic carbocycles.